The lowest BCUT2D eigenvalue weighted by molar-refractivity contribution is -0.117. The Morgan fingerprint density at radius 1 is 1.40 bits per heavy atom. The van der Waals surface area contributed by atoms with Crippen LogP contribution < -0.4 is 10.6 Å². The van der Waals surface area contributed by atoms with Crippen molar-refractivity contribution in [1.82, 2.24) is 5.16 Å². The Labute approximate surface area is 117 Å². The third-order valence-electron chi connectivity index (χ3n) is 3.80. The van der Waals surface area contributed by atoms with Crippen molar-refractivity contribution in [3.05, 3.63) is 41.1 Å². The molecule has 20 heavy (non-hydrogen) atoms. The molecule has 104 valence electrons. The maximum absolute atomic E-state index is 12.5. The van der Waals surface area contributed by atoms with E-state index in [1.54, 1.807) is 0 Å². The molecule has 0 saturated carbocycles. The van der Waals surface area contributed by atoms with Crippen LogP contribution in [-0.4, -0.2) is 17.6 Å². The van der Waals surface area contributed by atoms with Crippen molar-refractivity contribution in [3.8, 4) is 0 Å². The van der Waals surface area contributed by atoms with Crippen LogP contribution in [0.3, 0.4) is 0 Å². The number of fused-ring (bicyclic) bond motifs is 1. The number of aryl methyl sites for hydroxylation is 1. The number of hydrogen-bond acceptors (Lipinski definition) is 4. The number of benzene rings is 1. The van der Waals surface area contributed by atoms with Gasteiger partial charge in [-0.05, 0) is 31.9 Å². The van der Waals surface area contributed by atoms with E-state index < -0.39 is 0 Å². The minimum atomic E-state index is -0.155. The molecule has 2 heterocycles. The molecule has 0 aliphatic carbocycles. The van der Waals surface area contributed by atoms with Gasteiger partial charge in [-0.3, -0.25) is 10.1 Å². The fourth-order valence-corrected chi connectivity index (χ4v) is 2.47. The molecule has 1 amide bonds. The molecular formula is C15H17N3O2. The van der Waals surface area contributed by atoms with Crippen LogP contribution in [0.1, 0.15) is 29.2 Å². The summed E-state index contributed by atoms with van der Waals surface area (Å²) in [5.41, 5.74) is 3.74. The van der Waals surface area contributed by atoms with E-state index in [-0.39, 0.29) is 11.8 Å². The van der Waals surface area contributed by atoms with Crippen molar-refractivity contribution in [2.45, 2.75) is 26.2 Å². The highest BCUT2D eigenvalue weighted by molar-refractivity contribution is 5.96. The van der Waals surface area contributed by atoms with Gasteiger partial charge in [0.25, 0.3) is 0 Å². The van der Waals surface area contributed by atoms with Crippen LogP contribution in [0.15, 0.2) is 28.8 Å². The molecular weight excluding hydrogens is 254 g/mol. The molecule has 1 aromatic carbocycles. The molecule has 2 aromatic rings. The number of anilines is 2. The molecule has 0 bridgehead atoms. The summed E-state index contributed by atoms with van der Waals surface area (Å²) in [7, 11) is 0. The molecule has 1 aromatic heterocycles. The van der Waals surface area contributed by atoms with Crippen molar-refractivity contribution in [2.75, 3.05) is 17.2 Å². The second kappa shape index (κ2) is 5.00. The molecule has 0 spiro atoms. The standard InChI is InChI=1S/C15H17N3O2/c1-9-10(2)18-20-15(9)17-14(19)12-7-8-16-13-6-4-3-5-11(12)13/h3-6,12,16H,7-8H2,1-2H3,(H,17,19). The molecule has 2 N–H and O–H groups in total. The lowest BCUT2D eigenvalue weighted by Crippen LogP contribution is -2.27. The first-order chi connectivity index (χ1) is 9.66. The average molecular weight is 271 g/mol. The second-order valence-electron chi connectivity index (χ2n) is 5.07. The van der Waals surface area contributed by atoms with Gasteiger partial charge in [-0.25, -0.2) is 0 Å². The summed E-state index contributed by atoms with van der Waals surface area (Å²) < 4.78 is 5.15. The van der Waals surface area contributed by atoms with Gasteiger partial charge in [0.05, 0.1) is 11.6 Å². The zero-order valence-electron chi connectivity index (χ0n) is 11.6. The van der Waals surface area contributed by atoms with E-state index in [0.717, 1.165) is 35.5 Å². The first-order valence-corrected chi connectivity index (χ1v) is 6.73. The molecule has 0 saturated heterocycles. The lowest BCUT2D eigenvalue weighted by Gasteiger charge is -2.25. The molecule has 1 aliphatic heterocycles. The number of para-hydroxylation sites is 1. The van der Waals surface area contributed by atoms with E-state index in [0.29, 0.717) is 5.88 Å². The Balaban J connectivity index is 1.84. The van der Waals surface area contributed by atoms with Crippen LogP contribution >= 0.6 is 0 Å². The number of nitrogens with zero attached hydrogens (tertiary/aromatic N) is 1. The largest absolute Gasteiger partial charge is 0.385 e. The number of rotatable bonds is 2. The van der Waals surface area contributed by atoms with E-state index in [2.05, 4.69) is 15.8 Å². The van der Waals surface area contributed by atoms with Crippen molar-refractivity contribution in [1.29, 1.82) is 0 Å². The van der Waals surface area contributed by atoms with Crippen molar-refractivity contribution >= 4 is 17.5 Å². The molecule has 3 rings (SSSR count). The van der Waals surface area contributed by atoms with E-state index in [9.17, 15) is 4.79 Å². The molecule has 5 heteroatoms. The molecule has 0 radical (unpaired) electrons. The minimum Gasteiger partial charge on any atom is -0.385 e. The smallest absolute Gasteiger partial charge is 0.234 e. The predicted octanol–water partition coefficient (Wildman–Crippen LogP) is 2.83. The van der Waals surface area contributed by atoms with Gasteiger partial charge >= 0.3 is 0 Å². The van der Waals surface area contributed by atoms with Gasteiger partial charge < -0.3 is 9.84 Å². The number of aromatic nitrogens is 1. The summed E-state index contributed by atoms with van der Waals surface area (Å²) in [6.45, 7) is 4.54. The van der Waals surface area contributed by atoms with Crippen LogP contribution in [-0.2, 0) is 4.79 Å². The van der Waals surface area contributed by atoms with E-state index >= 15 is 0 Å². The number of hydrogen-bond donors (Lipinski definition) is 2. The van der Waals surface area contributed by atoms with Crippen LogP contribution in [0.4, 0.5) is 11.6 Å². The fraction of sp³-hybridized carbons (Fsp3) is 0.333. The summed E-state index contributed by atoms with van der Waals surface area (Å²) in [4.78, 5) is 12.5. The van der Waals surface area contributed by atoms with Crippen LogP contribution in [0.2, 0.25) is 0 Å². The monoisotopic (exact) mass is 271 g/mol. The van der Waals surface area contributed by atoms with E-state index in [4.69, 9.17) is 4.52 Å². The van der Waals surface area contributed by atoms with Gasteiger partial charge in [0.1, 0.15) is 0 Å². The number of amides is 1. The first-order valence-electron chi connectivity index (χ1n) is 6.73. The summed E-state index contributed by atoms with van der Waals surface area (Å²) in [6.07, 6.45) is 0.773. The topological polar surface area (TPSA) is 67.2 Å². The van der Waals surface area contributed by atoms with Gasteiger partial charge in [-0.1, -0.05) is 23.4 Å². The maximum Gasteiger partial charge on any atom is 0.234 e. The summed E-state index contributed by atoms with van der Waals surface area (Å²) in [5.74, 6) is 0.249. The van der Waals surface area contributed by atoms with E-state index in [1.807, 2.05) is 38.1 Å². The Kier molecular flexibility index (Phi) is 3.18. The first kappa shape index (κ1) is 12.7. The van der Waals surface area contributed by atoms with Crippen LogP contribution in [0, 0.1) is 13.8 Å². The third kappa shape index (κ3) is 2.15. The third-order valence-corrected chi connectivity index (χ3v) is 3.80. The van der Waals surface area contributed by atoms with Crippen molar-refractivity contribution in [3.63, 3.8) is 0 Å². The van der Waals surface area contributed by atoms with Gasteiger partial charge in [0.15, 0.2) is 0 Å². The van der Waals surface area contributed by atoms with Gasteiger partial charge in [0, 0.05) is 17.8 Å². The summed E-state index contributed by atoms with van der Waals surface area (Å²) in [5, 5.41) is 10.0. The highest BCUT2D eigenvalue weighted by Gasteiger charge is 2.27. The van der Waals surface area contributed by atoms with Gasteiger partial charge in [-0.2, -0.15) is 0 Å². The van der Waals surface area contributed by atoms with Crippen LogP contribution in [0.25, 0.3) is 0 Å². The number of carbonyl (C=O) groups excluding carboxylic acids is 1. The fourth-order valence-electron chi connectivity index (χ4n) is 2.47. The second-order valence-corrected chi connectivity index (χ2v) is 5.07. The quantitative estimate of drug-likeness (QED) is 0.881. The van der Waals surface area contributed by atoms with Crippen LogP contribution in [0.5, 0.6) is 0 Å². The normalized spacial score (nSPS) is 17.2. The summed E-state index contributed by atoms with van der Waals surface area (Å²) in [6, 6.07) is 7.91. The van der Waals surface area contributed by atoms with E-state index in [1.165, 1.54) is 0 Å². The highest BCUT2D eigenvalue weighted by Crippen LogP contribution is 2.32. The predicted molar refractivity (Wildman–Crippen MR) is 76.9 cm³/mol. The highest BCUT2D eigenvalue weighted by atomic mass is 16.5. The van der Waals surface area contributed by atoms with Gasteiger partial charge in [0.2, 0.25) is 11.8 Å². The maximum atomic E-state index is 12.5. The minimum absolute atomic E-state index is 0.0433. The zero-order chi connectivity index (χ0) is 14.1. The molecule has 1 unspecified atom stereocenters. The number of nitrogens with one attached hydrogen (secondary N) is 2. The molecule has 1 atom stereocenters. The molecule has 5 nitrogen and oxygen atoms in total. The Morgan fingerprint density at radius 2 is 2.20 bits per heavy atom. The molecule has 1 aliphatic rings. The lowest BCUT2D eigenvalue weighted by atomic mass is 9.90. The van der Waals surface area contributed by atoms with Crippen molar-refractivity contribution in [2.24, 2.45) is 0 Å². The van der Waals surface area contributed by atoms with Gasteiger partial charge in [-0.15, -0.1) is 0 Å². The Bertz CT molecular complexity index is 648. The Morgan fingerprint density at radius 3 is 2.95 bits per heavy atom. The summed E-state index contributed by atoms with van der Waals surface area (Å²) >= 11 is 0. The number of carbonyl (C=O) groups is 1. The SMILES string of the molecule is Cc1noc(NC(=O)C2CCNc3ccccc32)c1C. The zero-order valence-corrected chi connectivity index (χ0v) is 11.6. The molecule has 0 fully saturated rings. The average Bonchev–Trinajstić information content (AvgIpc) is 2.78. The Hall–Kier alpha value is -2.30. The van der Waals surface area contributed by atoms with Crippen molar-refractivity contribution < 1.29 is 9.32 Å².